The highest BCUT2D eigenvalue weighted by Gasteiger charge is 2.09. The number of hydrogen-bond acceptors (Lipinski definition) is 3. The van der Waals surface area contributed by atoms with Crippen molar-refractivity contribution >= 4 is 21.8 Å². The number of ether oxygens (including phenoxy) is 1. The summed E-state index contributed by atoms with van der Waals surface area (Å²) in [4.78, 5) is 11.4. The van der Waals surface area contributed by atoms with Crippen molar-refractivity contribution in [1.82, 2.24) is 10.6 Å². The zero-order valence-electron chi connectivity index (χ0n) is 12.5. The van der Waals surface area contributed by atoms with Crippen molar-refractivity contribution in [2.45, 2.75) is 26.8 Å². The quantitative estimate of drug-likeness (QED) is 0.749. The Kier molecular flexibility index (Phi) is 7.02. The minimum atomic E-state index is 0.0324. The molecule has 0 aliphatic carbocycles. The zero-order valence-corrected chi connectivity index (χ0v) is 14.1. The SMILES string of the molecule is COc1ccc(C(C)NCCNC(=O)C(C)C)cc1Br. The first-order chi connectivity index (χ1) is 9.45. The van der Waals surface area contributed by atoms with E-state index < -0.39 is 0 Å². The average molecular weight is 343 g/mol. The van der Waals surface area contributed by atoms with E-state index in [9.17, 15) is 4.79 Å². The minimum Gasteiger partial charge on any atom is -0.496 e. The molecule has 1 amide bonds. The number of rotatable bonds is 7. The lowest BCUT2D eigenvalue weighted by Gasteiger charge is -2.16. The summed E-state index contributed by atoms with van der Waals surface area (Å²) in [5.74, 6) is 0.946. The first kappa shape index (κ1) is 17.0. The summed E-state index contributed by atoms with van der Waals surface area (Å²) in [6.45, 7) is 7.25. The predicted molar refractivity (Wildman–Crippen MR) is 85.0 cm³/mol. The van der Waals surface area contributed by atoms with E-state index >= 15 is 0 Å². The van der Waals surface area contributed by atoms with Crippen LogP contribution in [0.2, 0.25) is 0 Å². The molecule has 4 nitrogen and oxygen atoms in total. The predicted octanol–water partition coefficient (Wildman–Crippen LogP) is 2.88. The van der Waals surface area contributed by atoms with Crippen LogP contribution in [0.1, 0.15) is 32.4 Å². The standard InChI is InChI=1S/C15H23BrN2O2/c1-10(2)15(19)18-8-7-17-11(3)12-5-6-14(20-4)13(16)9-12/h5-6,9-11,17H,7-8H2,1-4H3,(H,18,19). The smallest absolute Gasteiger partial charge is 0.222 e. The molecule has 112 valence electrons. The molecule has 0 heterocycles. The van der Waals surface area contributed by atoms with E-state index in [0.29, 0.717) is 6.54 Å². The fourth-order valence-corrected chi connectivity index (χ4v) is 2.31. The fraction of sp³-hybridized carbons (Fsp3) is 0.533. The molecular formula is C15H23BrN2O2. The van der Waals surface area contributed by atoms with Crippen LogP contribution in [-0.4, -0.2) is 26.1 Å². The number of hydrogen-bond donors (Lipinski definition) is 2. The maximum Gasteiger partial charge on any atom is 0.222 e. The van der Waals surface area contributed by atoms with Crippen molar-refractivity contribution in [2.24, 2.45) is 5.92 Å². The lowest BCUT2D eigenvalue weighted by Crippen LogP contribution is -2.35. The Bertz CT molecular complexity index is 449. The summed E-state index contributed by atoms with van der Waals surface area (Å²) in [6, 6.07) is 6.24. The van der Waals surface area contributed by atoms with Gasteiger partial charge in [-0.3, -0.25) is 4.79 Å². The Morgan fingerprint density at radius 1 is 1.30 bits per heavy atom. The number of carbonyl (C=O) groups is 1. The second kappa shape index (κ2) is 8.27. The van der Waals surface area contributed by atoms with Gasteiger partial charge < -0.3 is 15.4 Å². The molecule has 20 heavy (non-hydrogen) atoms. The first-order valence-corrected chi connectivity index (χ1v) is 7.59. The molecule has 1 unspecified atom stereocenters. The number of carbonyl (C=O) groups excluding carboxylic acids is 1. The number of nitrogens with one attached hydrogen (secondary N) is 2. The zero-order chi connectivity index (χ0) is 15.1. The van der Waals surface area contributed by atoms with Gasteiger partial charge in [0.15, 0.2) is 0 Å². The molecule has 0 aliphatic heterocycles. The third kappa shape index (κ3) is 5.13. The Labute approximate surface area is 129 Å². The van der Waals surface area contributed by atoms with Crippen LogP contribution < -0.4 is 15.4 Å². The van der Waals surface area contributed by atoms with Crippen molar-refractivity contribution in [3.63, 3.8) is 0 Å². The number of benzene rings is 1. The van der Waals surface area contributed by atoms with Gasteiger partial charge in [-0.2, -0.15) is 0 Å². The molecule has 0 bridgehead atoms. The molecule has 0 spiro atoms. The highest BCUT2D eigenvalue weighted by Crippen LogP contribution is 2.27. The van der Waals surface area contributed by atoms with Gasteiger partial charge >= 0.3 is 0 Å². The Morgan fingerprint density at radius 3 is 2.55 bits per heavy atom. The van der Waals surface area contributed by atoms with E-state index in [0.717, 1.165) is 16.8 Å². The van der Waals surface area contributed by atoms with E-state index in [1.165, 1.54) is 5.56 Å². The van der Waals surface area contributed by atoms with Crippen LogP contribution in [-0.2, 0) is 4.79 Å². The summed E-state index contributed by atoms with van der Waals surface area (Å²) < 4.78 is 6.16. The molecule has 0 aromatic heterocycles. The minimum absolute atomic E-state index is 0.0324. The van der Waals surface area contributed by atoms with E-state index in [1.54, 1.807) is 7.11 Å². The van der Waals surface area contributed by atoms with Crippen molar-refractivity contribution in [1.29, 1.82) is 0 Å². The molecule has 0 saturated carbocycles. The molecule has 0 fully saturated rings. The summed E-state index contributed by atoms with van der Waals surface area (Å²) in [5.41, 5.74) is 1.17. The van der Waals surface area contributed by atoms with Gasteiger partial charge in [-0.15, -0.1) is 0 Å². The van der Waals surface area contributed by atoms with Gasteiger partial charge in [0, 0.05) is 25.0 Å². The van der Waals surface area contributed by atoms with Crippen LogP contribution in [0, 0.1) is 5.92 Å². The highest BCUT2D eigenvalue weighted by atomic mass is 79.9. The van der Waals surface area contributed by atoms with E-state index in [2.05, 4.69) is 33.5 Å². The molecule has 0 aliphatic rings. The molecule has 0 radical (unpaired) electrons. The summed E-state index contributed by atoms with van der Waals surface area (Å²) >= 11 is 3.48. The van der Waals surface area contributed by atoms with Gasteiger partial charge in [-0.1, -0.05) is 19.9 Å². The molecule has 1 aromatic carbocycles. The number of amides is 1. The second-order valence-electron chi connectivity index (χ2n) is 5.02. The van der Waals surface area contributed by atoms with Crippen LogP contribution in [0.5, 0.6) is 5.75 Å². The third-order valence-electron chi connectivity index (χ3n) is 3.07. The Morgan fingerprint density at radius 2 is 2.00 bits per heavy atom. The number of methoxy groups -OCH3 is 1. The summed E-state index contributed by atoms with van der Waals surface area (Å²) in [6.07, 6.45) is 0. The summed E-state index contributed by atoms with van der Waals surface area (Å²) in [7, 11) is 1.65. The lowest BCUT2D eigenvalue weighted by atomic mass is 10.1. The van der Waals surface area contributed by atoms with E-state index in [4.69, 9.17) is 4.74 Å². The van der Waals surface area contributed by atoms with Crippen LogP contribution in [0.15, 0.2) is 22.7 Å². The van der Waals surface area contributed by atoms with E-state index in [1.807, 2.05) is 32.0 Å². The summed E-state index contributed by atoms with van der Waals surface area (Å²) in [5, 5.41) is 6.27. The second-order valence-corrected chi connectivity index (χ2v) is 5.87. The topological polar surface area (TPSA) is 50.4 Å². The first-order valence-electron chi connectivity index (χ1n) is 6.80. The van der Waals surface area contributed by atoms with Crippen LogP contribution in [0.3, 0.4) is 0 Å². The normalized spacial score (nSPS) is 12.3. The largest absolute Gasteiger partial charge is 0.496 e. The fourth-order valence-electron chi connectivity index (χ4n) is 1.75. The maximum atomic E-state index is 11.4. The monoisotopic (exact) mass is 342 g/mol. The Hall–Kier alpha value is -1.07. The van der Waals surface area contributed by atoms with Gasteiger partial charge in [-0.05, 0) is 40.5 Å². The van der Waals surface area contributed by atoms with Gasteiger partial charge in [0.2, 0.25) is 5.91 Å². The van der Waals surface area contributed by atoms with Gasteiger partial charge in [0.25, 0.3) is 0 Å². The molecule has 1 atom stereocenters. The molecule has 5 heteroatoms. The van der Waals surface area contributed by atoms with Crippen molar-refractivity contribution in [3.05, 3.63) is 28.2 Å². The molecule has 1 rings (SSSR count). The van der Waals surface area contributed by atoms with Crippen LogP contribution in [0.4, 0.5) is 0 Å². The molecule has 1 aromatic rings. The van der Waals surface area contributed by atoms with Gasteiger partial charge in [-0.25, -0.2) is 0 Å². The van der Waals surface area contributed by atoms with Crippen molar-refractivity contribution in [2.75, 3.05) is 20.2 Å². The van der Waals surface area contributed by atoms with Crippen LogP contribution >= 0.6 is 15.9 Å². The van der Waals surface area contributed by atoms with Crippen LogP contribution in [0.25, 0.3) is 0 Å². The van der Waals surface area contributed by atoms with E-state index in [-0.39, 0.29) is 17.9 Å². The Balaban J connectivity index is 2.41. The number of halogens is 1. The average Bonchev–Trinajstić information content (AvgIpc) is 2.42. The highest BCUT2D eigenvalue weighted by molar-refractivity contribution is 9.10. The van der Waals surface area contributed by atoms with Gasteiger partial charge in [0.1, 0.15) is 5.75 Å². The molecule has 2 N–H and O–H groups in total. The van der Waals surface area contributed by atoms with Crippen molar-refractivity contribution < 1.29 is 9.53 Å². The third-order valence-corrected chi connectivity index (χ3v) is 3.69. The van der Waals surface area contributed by atoms with Gasteiger partial charge in [0.05, 0.1) is 11.6 Å². The lowest BCUT2D eigenvalue weighted by molar-refractivity contribution is -0.123. The molecular weight excluding hydrogens is 320 g/mol. The maximum absolute atomic E-state index is 11.4. The van der Waals surface area contributed by atoms with Crippen molar-refractivity contribution in [3.8, 4) is 5.75 Å². The molecule has 0 saturated heterocycles.